The molecule has 0 aliphatic heterocycles. The van der Waals surface area contributed by atoms with Gasteiger partial charge in [-0.2, -0.15) is 0 Å². The van der Waals surface area contributed by atoms with Gasteiger partial charge in [-0.1, -0.05) is 32.6 Å². The molecule has 31 heavy (non-hydrogen) atoms. The molecule has 172 valence electrons. The molecule has 0 heterocycles. The third kappa shape index (κ3) is 8.63. The van der Waals surface area contributed by atoms with Crippen molar-refractivity contribution in [3.05, 3.63) is 47.2 Å². The van der Waals surface area contributed by atoms with Gasteiger partial charge in [-0.3, -0.25) is 0 Å². The third-order valence-corrected chi connectivity index (χ3v) is 6.31. The second kappa shape index (κ2) is 14.2. The summed E-state index contributed by atoms with van der Waals surface area (Å²) in [5, 5.41) is 0. The minimum Gasteiger partial charge on any atom is -0.501 e. The average molecular weight is 427 g/mol. The van der Waals surface area contributed by atoms with E-state index >= 15 is 0 Å². The van der Waals surface area contributed by atoms with Crippen LogP contribution in [0.3, 0.4) is 0 Å². The fourth-order valence-electron chi connectivity index (χ4n) is 3.88. The highest BCUT2D eigenvalue weighted by atomic mass is 16.5. The zero-order valence-electron chi connectivity index (χ0n) is 19.6. The maximum absolute atomic E-state index is 6.27. The number of rotatable bonds is 16. The zero-order valence-corrected chi connectivity index (χ0v) is 19.6. The van der Waals surface area contributed by atoms with E-state index in [0.717, 1.165) is 57.0 Å². The first-order valence-corrected chi connectivity index (χ1v) is 12.7. The Bertz CT molecular complexity index is 675. The van der Waals surface area contributed by atoms with E-state index < -0.39 is 0 Å². The lowest BCUT2D eigenvalue weighted by Gasteiger charge is -2.23. The van der Waals surface area contributed by atoms with Crippen LogP contribution in [0.4, 0.5) is 0 Å². The molecule has 0 aromatic heterocycles. The van der Waals surface area contributed by atoms with Crippen molar-refractivity contribution in [1.82, 2.24) is 0 Å². The summed E-state index contributed by atoms with van der Waals surface area (Å²) in [4.78, 5) is 0. The molecule has 2 aliphatic rings. The highest BCUT2D eigenvalue weighted by Gasteiger charge is 2.17. The molecule has 0 saturated heterocycles. The van der Waals surface area contributed by atoms with Crippen molar-refractivity contribution < 1.29 is 14.2 Å². The largest absolute Gasteiger partial charge is 0.501 e. The van der Waals surface area contributed by atoms with Crippen LogP contribution >= 0.6 is 0 Å². The van der Waals surface area contributed by atoms with Gasteiger partial charge in [0.2, 0.25) is 0 Å². The topological polar surface area (TPSA) is 27.7 Å². The fourth-order valence-corrected chi connectivity index (χ4v) is 3.88. The number of allylic oxidation sites excluding steroid dienone is 2. The molecule has 0 atom stereocenters. The molecule has 3 rings (SSSR count). The third-order valence-electron chi connectivity index (χ3n) is 6.31. The molecule has 1 aromatic rings. The molecule has 0 radical (unpaired) electrons. The Hall–Kier alpha value is -1.90. The van der Waals surface area contributed by atoms with Gasteiger partial charge in [0, 0.05) is 5.56 Å². The van der Waals surface area contributed by atoms with E-state index in [-0.39, 0.29) is 0 Å². The van der Waals surface area contributed by atoms with Crippen molar-refractivity contribution in [3.63, 3.8) is 0 Å². The summed E-state index contributed by atoms with van der Waals surface area (Å²) in [6.45, 7) is 4.68. The summed E-state index contributed by atoms with van der Waals surface area (Å²) in [6.07, 6.45) is 19.1. The van der Waals surface area contributed by atoms with Crippen LogP contribution in [0.15, 0.2) is 41.7 Å². The highest BCUT2D eigenvalue weighted by molar-refractivity contribution is 5.64. The SMILES string of the molecule is CCCCCCCOc1ccc(C(OCCCCCOC=C2CCC2)=C2CCC2)cc1. The van der Waals surface area contributed by atoms with Gasteiger partial charge in [0.25, 0.3) is 0 Å². The molecule has 2 fully saturated rings. The van der Waals surface area contributed by atoms with Crippen molar-refractivity contribution >= 4 is 5.76 Å². The fraction of sp³-hybridized carbons (Fsp3) is 0.643. The first-order chi connectivity index (χ1) is 15.4. The Kier molecular flexibility index (Phi) is 10.9. The molecule has 0 unspecified atom stereocenters. The van der Waals surface area contributed by atoms with E-state index in [2.05, 4.69) is 31.2 Å². The molecule has 0 bridgehead atoms. The number of benzene rings is 1. The Morgan fingerprint density at radius 3 is 2.13 bits per heavy atom. The lowest BCUT2D eigenvalue weighted by Crippen LogP contribution is -2.06. The van der Waals surface area contributed by atoms with Crippen LogP contribution in [0.5, 0.6) is 5.75 Å². The first kappa shape index (κ1) is 23.8. The van der Waals surface area contributed by atoms with E-state index in [4.69, 9.17) is 14.2 Å². The van der Waals surface area contributed by atoms with Crippen molar-refractivity contribution in [2.24, 2.45) is 0 Å². The molecule has 0 N–H and O–H groups in total. The molecule has 3 nitrogen and oxygen atoms in total. The van der Waals surface area contributed by atoms with E-state index in [0.29, 0.717) is 0 Å². The van der Waals surface area contributed by atoms with E-state index in [1.807, 2.05) is 6.26 Å². The predicted molar refractivity (Wildman–Crippen MR) is 129 cm³/mol. The van der Waals surface area contributed by atoms with Crippen molar-refractivity contribution in [2.75, 3.05) is 19.8 Å². The van der Waals surface area contributed by atoms with Gasteiger partial charge in [-0.25, -0.2) is 0 Å². The van der Waals surface area contributed by atoms with Crippen LogP contribution in [0.2, 0.25) is 0 Å². The van der Waals surface area contributed by atoms with Crippen LogP contribution < -0.4 is 4.74 Å². The van der Waals surface area contributed by atoms with Gasteiger partial charge in [-0.05, 0) is 99.6 Å². The normalized spacial score (nSPS) is 15.1. The Balaban J connectivity index is 1.34. The first-order valence-electron chi connectivity index (χ1n) is 12.7. The molecule has 3 heteroatoms. The van der Waals surface area contributed by atoms with Crippen molar-refractivity contribution in [2.45, 2.75) is 96.8 Å². The van der Waals surface area contributed by atoms with Crippen LogP contribution in [-0.2, 0) is 9.47 Å². The number of ether oxygens (including phenoxy) is 3. The summed E-state index contributed by atoms with van der Waals surface area (Å²) in [5.41, 5.74) is 4.14. The average Bonchev–Trinajstić information content (AvgIpc) is 2.72. The van der Waals surface area contributed by atoms with Crippen molar-refractivity contribution in [3.8, 4) is 5.75 Å². The zero-order chi connectivity index (χ0) is 21.6. The Morgan fingerprint density at radius 2 is 1.45 bits per heavy atom. The summed E-state index contributed by atoms with van der Waals surface area (Å²) in [7, 11) is 0. The minimum atomic E-state index is 0.788. The van der Waals surface area contributed by atoms with E-state index in [9.17, 15) is 0 Å². The number of unbranched alkanes of at least 4 members (excludes halogenated alkanes) is 6. The summed E-state index contributed by atoms with van der Waals surface area (Å²) >= 11 is 0. The molecule has 1 aromatic carbocycles. The maximum Gasteiger partial charge on any atom is 0.125 e. The molecule has 0 amide bonds. The second-order valence-electron chi connectivity index (χ2n) is 8.98. The van der Waals surface area contributed by atoms with Crippen LogP contribution in [0.1, 0.15) is 102 Å². The highest BCUT2D eigenvalue weighted by Crippen LogP contribution is 2.35. The van der Waals surface area contributed by atoms with Crippen molar-refractivity contribution in [1.29, 1.82) is 0 Å². The molecule has 0 spiro atoms. The summed E-state index contributed by atoms with van der Waals surface area (Å²) in [5.74, 6) is 2.08. The van der Waals surface area contributed by atoms with Gasteiger partial charge in [0.15, 0.2) is 0 Å². The number of hydrogen-bond donors (Lipinski definition) is 0. The smallest absolute Gasteiger partial charge is 0.125 e. The minimum absolute atomic E-state index is 0.788. The quantitative estimate of drug-likeness (QED) is 0.197. The number of hydrogen-bond acceptors (Lipinski definition) is 3. The van der Waals surface area contributed by atoms with Gasteiger partial charge >= 0.3 is 0 Å². The van der Waals surface area contributed by atoms with Gasteiger partial charge < -0.3 is 14.2 Å². The molecular weight excluding hydrogens is 384 g/mol. The van der Waals surface area contributed by atoms with Gasteiger partial charge in [0.1, 0.15) is 11.5 Å². The van der Waals surface area contributed by atoms with Crippen LogP contribution in [0, 0.1) is 0 Å². The monoisotopic (exact) mass is 426 g/mol. The Morgan fingerprint density at radius 1 is 0.774 bits per heavy atom. The summed E-state index contributed by atoms with van der Waals surface area (Å²) < 4.78 is 17.8. The predicted octanol–water partition coefficient (Wildman–Crippen LogP) is 8.20. The second-order valence-corrected chi connectivity index (χ2v) is 8.98. The van der Waals surface area contributed by atoms with E-state index in [1.165, 1.54) is 80.9 Å². The Labute approximate surface area is 189 Å². The van der Waals surface area contributed by atoms with Crippen LogP contribution in [-0.4, -0.2) is 19.8 Å². The summed E-state index contributed by atoms with van der Waals surface area (Å²) in [6, 6.07) is 8.51. The lowest BCUT2D eigenvalue weighted by molar-refractivity contribution is 0.221. The molecule has 2 aliphatic carbocycles. The van der Waals surface area contributed by atoms with Crippen LogP contribution in [0.25, 0.3) is 5.76 Å². The van der Waals surface area contributed by atoms with Gasteiger partial charge in [-0.15, -0.1) is 0 Å². The molecular formula is C28H42O3. The maximum atomic E-state index is 6.27. The lowest BCUT2D eigenvalue weighted by atomic mass is 9.89. The molecule has 2 saturated carbocycles. The van der Waals surface area contributed by atoms with Gasteiger partial charge in [0.05, 0.1) is 26.1 Å². The standard InChI is InChI=1S/C28H42O3/c1-2-3-4-5-8-21-30-27-18-16-26(17-19-27)28(25-14-11-15-25)31-22-9-6-7-20-29-23-24-12-10-13-24/h16-19,23H,2-15,20-22H2,1H3. The van der Waals surface area contributed by atoms with E-state index in [1.54, 1.807) is 0 Å².